The number of nitrogens with one attached hydrogen (secondary N) is 1. The Morgan fingerprint density at radius 2 is 2.10 bits per heavy atom. The maximum absolute atomic E-state index is 10.7. The second kappa shape index (κ2) is 6.47. The minimum Gasteiger partial charge on any atom is -0.362 e. The lowest BCUT2D eigenvalue weighted by Gasteiger charge is -2.18. The largest absolute Gasteiger partial charge is 0.362 e. The van der Waals surface area contributed by atoms with Crippen LogP contribution in [0.25, 0.3) is 0 Å². The highest BCUT2D eigenvalue weighted by Gasteiger charge is 2.14. The molecule has 0 saturated heterocycles. The van der Waals surface area contributed by atoms with Crippen LogP contribution in [-0.4, -0.2) is 9.91 Å². The van der Waals surface area contributed by atoms with Crippen LogP contribution in [0.15, 0.2) is 47.1 Å². The van der Waals surface area contributed by atoms with Crippen LogP contribution in [0.5, 0.6) is 0 Å². The average molecular weight is 336 g/mol. The van der Waals surface area contributed by atoms with Gasteiger partial charge in [0.05, 0.1) is 15.4 Å². The van der Waals surface area contributed by atoms with Crippen molar-refractivity contribution in [3.63, 3.8) is 0 Å². The summed E-state index contributed by atoms with van der Waals surface area (Å²) in [6.45, 7) is 2.07. The monoisotopic (exact) mass is 335 g/mol. The van der Waals surface area contributed by atoms with Crippen LogP contribution in [0.1, 0.15) is 24.9 Å². The molecule has 1 unspecified atom stereocenters. The van der Waals surface area contributed by atoms with Crippen LogP contribution in [-0.2, 0) is 0 Å². The van der Waals surface area contributed by atoms with E-state index in [0.717, 1.165) is 12.0 Å². The molecule has 0 aliphatic heterocycles. The molecule has 20 heavy (non-hydrogen) atoms. The molecule has 0 amide bonds. The van der Waals surface area contributed by atoms with Crippen molar-refractivity contribution >= 4 is 27.4 Å². The smallest absolute Gasteiger partial charge is 0.288 e. The Bertz CT molecular complexity index is 605. The number of nitro groups is 1. The van der Waals surface area contributed by atoms with Crippen molar-refractivity contribution in [2.75, 3.05) is 5.32 Å². The number of anilines is 1. The molecule has 5 nitrogen and oxygen atoms in total. The van der Waals surface area contributed by atoms with E-state index < -0.39 is 4.92 Å². The third kappa shape index (κ3) is 3.33. The Hall–Kier alpha value is -1.95. The van der Waals surface area contributed by atoms with Gasteiger partial charge in [-0.3, -0.25) is 10.1 Å². The number of nitrogens with zero attached hydrogens (tertiary/aromatic N) is 2. The highest BCUT2D eigenvalue weighted by molar-refractivity contribution is 9.10. The van der Waals surface area contributed by atoms with Gasteiger partial charge < -0.3 is 5.32 Å². The molecular formula is C14H14BrN3O2. The Morgan fingerprint density at radius 3 is 2.65 bits per heavy atom. The Labute approximate surface area is 125 Å². The summed E-state index contributed by atoms with van der Waals surface area (Å²) >= 11 is 3.32. The first kappa shape index (κ1) is 14.5. The van der Waals surface area contributed by atoms with Gasteiger partial charge in [-0.1, -0.05) is 37.3 Å². The molecule has 2 rings (SSSR count). The number of rotatable bonds is 5. The molecule has 0 radical (unpaired) electrons. The molecule has 1 atom stereocenters. The van der Waals surface area contributed by atoms with E-state index in [1.54, 1.807) is 0 Å². The topological polar surface area (TPSA) is 68.1 Å². The summed E-state index contributed by atoms with van der Waals surface area (Å²) in [6, 6.07) is 11.6. The number of hydrogen-bond donors (Lipinski definition) is 1. The molecule has 0 saturated carbocycles. The molecule has 0 spiro atoms. The highest BCUT2D eigenvalue weighted by Crippen LogP contribution is 2.28. The van der Waals surface area contributed by atoms with Gasteiger partial charge in [-0.05, 0) is 27.9 Å². The predicted octanol–water partition coefficient (Wildman–Crippen LogP) is 4.32. The van der Waals surface area contributed by atoms with Gasteiger partial charge in [0.25, 0.3) is 5.69 Å². The molecule has 2 aromatic rings. The minimum absolute atomic E-state index is 0.0322. The molecule has 104 valence electrons. The van der Waals surface area contributed by atoms with Gasteiger partial charge in [0, 0.05) is 6.07 Å². The van der Waals surface area contributed by atoms with Crippen molar-refractivity contribution in [2.24, 2.45) is 0 Å². The van der Waals surface area contributed by atoms with Crippen molar-refractivity contribution < 1.29 is 4.92 Å². The van der Waals surface area contributed by atoms with Crippen LogP contribution < -0.4 is 5.32 Å². The van der Waals surface area contributed by atoms with E-state index in [1.165, 1.54) is 12.3 Å². The molecule has 0 aliphatic carbocycles. The lowest BCUT2D eigenvalue weighted by molar-refractivity contribution is -0.385. The summed E-state index contributed by atoms with van der Waals surface area (Å²) in [5, 5.41) is 14.0. The summed E-state index contributed by atoms with van der Waals surface area (Å²) in [6.07, 6.45) is 2.14. The highest BCUT2D eigenvalue weighted by atomic mass is 79.9. The number of pyridine rings is 1. The normalized spacial score (nSPS) is 11.9. The number of aromatic nitrogens is 1. The average Bonchev–Trinajstić information content (AvgIpc) is 2.46. The lowest BCUT2D eigenvalue weighted by Crippen LogP contribution is -2.11. The zero-order chi connectivity index (χ0) is 14.5. The predicted molar refractivity (Wildman–Crippen MR) is 81.7 cm³/mol. The van der Waals surface area contributed by atoms with E-state index in [9.17, 15) is 10.1 Å². The Kier molecular flexibility index (Phi) is 4.68. The molecule has 6 heteroatoms. The first-order chi connectivity index (χ1) is 9.61. The quantitative estimate of drug-likeness (QED) is 0.652. The Balaban J connectivity index is 2.22. The summed E-state index contributed by atoms with van der Waals surface area (Å²) in [5.41, 5.74) is 1.12. The maximum atomic E-state index is 10.7. The van der Waals surface area contributed by atoms with Gasteiger partial charge >= 0.3 is 0 Å². The number of benzene rings is 1. The van der Waals surface area contributed by atoms with Gasteiger partial charge in [-0.25, -0.2) is 4.98 Å². The van der Waals surface area contributed by atoms with Crippen LogP contribution >= 0.6 is 15.9 Å². The first-order valence-electron chi connectivity index (χ1n) is 6.23. The van der Waals surface area contributed by atoms with Crippen LogP contribution in [0.4, 0.5) is 11.5 Å². The van der Waals surface area contributed by atoms with Crippen molar-refractivity contribution in [1.29, 1.82) is 0 Å². The second-order valence-corrected chi connectivity index (χ2v) is 5.15. The number of hydrogen-bond acceptors (Lipinski definition) is 4. The molecule has 1 N–H and O–H groups in total. The molecule has 0 aliphatic rings. The lowest BCUT2D eigenvalue weighted by atomic mass is 10.0. The fourth-order valence-electron chi connectivity index (χ4n) is 1.91. The molecule has 1 heterocycles. The summed E-state index contributed by atoms with van der Waals surface area (Å²) in [4.78, 5) is 14.3. The maximum Gasteiger partial charge on any atom is 0.288 e. The van der Waals surface area contributed by atoms with E-state index in [2.05, 4.69) is 33.2 Å². The van der Waals surface area contributed by atoms with E-state index in [-0.39, 0.29) is 11.7 Å². The van der Waals surface area contributed by atoms with Gasteiger partial charge in [0.15, 0.2) is 0 Å². The van der Waals surface area contributed by atoms with Gasteiger partial charge in [-0.15, -0.1) is 0 Å². The second-order valence-electron chi connectivity index (χ2n) is 4.30. The number of halogens is 1. The zero-order valence-electron chi connectivity index (χ0n) is 10.9. The summed E-state index contributed by atoms with van der Waals surface area (Å²) in [5.74, 6) is 0.603. The molecule has 0 fully saturated rings. The van der Waals surface area contributed by atoms with Crippen LogP contribution in [0, 0.1) is 10.1 Å². The minimum atomic E-state index is -0.462. The van der Waals surface area contributed by atoms with E-state index in [4.69, 9.17) is 0 Å². The van der Waals surface area contributed by atoms with Gasteiger partial charge in [0.1, 0.15) is 12.0 Å². The molecule has 1 aromatic carbocycles. The third-order valence-electron chi connectivity index (χ3n) is 2.96. The standard InChI is InChI=1S/C14H14BrN3O2/c1-2-13(10-6-4-3-5-7-10)17-14-12(15)8-11(9-16-14)18(19)20/h3-9,13H,2H2,1H3,(H,16,17). The zero-order valence-corrected chi connectivity index (χ0v) is 12.5. The van der Waals surface area contributed by atoms with Gasteiger partial charge in [-0.2, -0.15) is 0 Å². The molecule has 1 aromatic heterocycles. The van der Waals surface area contributed by atoms with Crippen molar-refractivity contribution in [3.8, 4) is 0 Å². The van der Waals surface area contributed by atoms with Gasteiger partial charge in [0.2, 0.25) is 0 Å². The van der Waals surface area contributed by atoms with Crippen molar-refractivity contribution in [1.82, 2.24) is 4.98 Å². The first-order valence-corrected chi connectivity index (χ1v) is 7.02. The van der Waals surface area contributed by atoms with E-state index >= 15 is 0 Å². The fraction of sp³-hybridized carbons (Fsp3) is 0.214. The fourth-order valence-corrected chi connectivity index (χ4v) is 2.36. The third-order valence-corrected chi connectivity index (χ3v) is 3.56. The summed E-state index contributed by atoms with van der Waals surface area (Å²) < 4.78 is 0.584. The van der Waals surface area contributed by atoms with Crippen LogP contribution in [0.3, 0.4) is 0 Å². The molecular weight excluding hydrogens is 322 g/mol. The van der Waals surface area contributed by atoms with Crippen LogP contribution in [0.2, 0.25) is 0 Å². The Morgan fingerprint density at radius 1 is 1.40 bits per heavy atom. The van der Waals surface area contributed by atoms with Crippen molar-refractivity contribution in [3.05, 3.63) is 62.7 Å². The van der Waals surface area contributed by atoms with E-state index in [1.807, 2.05) is 30.3 Å². The SMILES string of the molecule is CCC(Nc1ncc([N+](=O)[O-])cc1Br)c1ccccc1. The van der Waals surface area contributed by atoms with E-state index in [0.29, 0.717) is 10.3 Å². The summed E-state index contributed by atoms with van der Waals surface area (Å²) in [7, 11) is 0. The van der Waals surface area contributed by atoms with Crippen molar-refractivity contribution in [2.45, 2.75) is 19.4 Å². The molecule has 0 bridgehead atoms.